The first kappa shape index (κ1) is 20.0. The Labute approximate surface area is 169 Å². The van der Waals surface area contributed by atoms with E-state index >= 15 is 0 Å². The lowest BCUT2D eigenvalue weighted by Gasteiger charge is -2.12. The van der Waals surface area contributed by atoms with Crippen LogP contribution in [0.25, 0.3) is 11.4 Å². The van der Waals surface area contributed by atoms with E-state index in [2.05, 4.69) is 15.3 Å². The second kappa shape index (κ2) is 8.97. The molecule has 29 heavy (non-hydrogen) atoms. The number of nitrogens with two attached hydrogens (primary N) is 1. The molecule has 3 N–H and O–H groups in total. The van der Waals surface area contributed by atoms with Crippen LogP contribution in [0.2, 0.25) is 0 Å². The molecule has 1 heterocycles. The standard InChI is InChI=1S/C22H22N4O3/c1-3-29-22(28)18-13-25-20(17-6-4-5-14(2)11-17)26-21(18)24-12-15-7-9-16(10-8-15)19(23)27/h4-11,13H,3,12H2,1-2H3,(H2,23,27)(H,24,25,26). The summed E-state index contributed by atoms with van der Waals surface area (Å²) in [5, 5.41) is 3.17. The molecule has 148 valence electrons. The number of hydrogen-bond donors (Lipinski definition) is 2. The van der Waals surface area contributed by atoms with Crippen LogP contribution in [0.15, 0.2) is 54.7 Å². The van der Waals surface area contributed by atoms with Gasteiger partial charge in [0, 0.05) is 23.9 Å². The molecule has 1 aromatic heterocycles. The fraction of sp³-hybridized carbons (Fsp3) is 0.182. The normalized spacial score (nSPS) is 10.4. The minimum absolute atomic E-state index is 0.256. The van der Waals surface area contributed by atoms with Crippen molar-refractivity contribution in [3.8, 4) is 11.4 Å². The Morgan fingerprint density at radius 3 is 2.55 bits per heavy atom. The molecule has 0 saturated heterocycles. The lowest BCUT2D eigenvalue weighted by atomic mass is 10.1. The molecule has 1 amide bonds. The number of hydrogen-bond acceptors (Lipinski definition) is 6. The topological polar surface area (TPSA) is 107 Å². The molecular formula is C22H22N4O3. The lowest BCUT2D eigenvalue weighted by Crippen LogP contribution is -2.13. The Morgan fingerprint density at radius 2 is 1.90 bits per heavy atom. The van der Waals surface area contributed by atoms with Crippen LogP contribution in [0.4, 0.5) is 5.82 Å². The predicted molar refractivity (Wildman–Crippen MR) is 110 cm³/mol. The van der Waals surface area contributed by atoms with Gasteiger partial charge in [0.15, 0.2) is 5.82 Å². The monoisotopic (exact) mass is 390 g/mol. The number of amides is 1. The number of nitrogens with one attached hydrogen (secondary N) is 1. The summed E-state index contributed by atoms with van der Waals surface area (Å²) in [5.74, 6) is -0.0789. The minimum atomic E-state index is -0.491. The Morgan fingerprint density at radius 1 is 1.14 bits per heavy atom. The molecule has 2 aromatic carbocycles. The Balaban J connectivity index is 1.89. The zero-order valence-corrected chi connectivity index (χ0v) is 16.3. The summed E-state index contributed by atoms with van der Waals surface area (Å²) in [5.41, 5.74) is 8.81. The maximum Gasteiger partial charge on any atom is 0.343 e. The van der Waals surface area contributed by atoms with Gasteiger partial charge in [-0.3, -0.25) is 4.79 Å². The number of rotatable bonds is 7. The number of primary amides is 1. The highest BCUT2D eigenvalue weighted by atomic mass is 16.5. The van der Waals surface area contributed by atoms with Crippen molar-refractivity contribution in [1.82, 2.24) is 9.97 Å². The van der Waals surface area contributed by atoms with E-state index in [0.29, 0.717) is 23.8 Å². The van der Waals surface area contributed by atoms with Crippen molar-refractivity contribution in [2.45, 2.75) is 20.4 Å². The molecule has 0 saturated carbocycles. The van der Waals surface area contributed by atoms with E-state index in [9.17, 15) is 9.59 Å². The van der Waals surface area contributed by atoms with Gasteiger partial charge in [-0.2, -0.15) is 0 Å². The highest BCUT2D eigenvalue weighted by Gasteiger charge is 2.16. The molecular weight excluding hydrogens is 368 g/mol. The fourth-order valence-corrected chi connectivity index (χ4v) is 2.77. The van der Waals surface area contributed by atoms with Gasteiger partial charge in [-0.1, -0.05) is 35.9 Å². The molecule has 3 aromatic rings. The van der Waals surface area contributed by atoms with Crippen LogP contribution in [-0.2, 0) is 11.3 Å². The number of esters is 1. The van der Waals surface area contributed by atoms with Gasteiger partial charge >= 0.3 is 5.97 Å². The molecule has 0 fully saturated rings. The molecule has 3 rings (SSSR count). The van der Waals surface area contributed by atoms with Crippen molar-refractivity contribution in [3.63, 3.8) is 0 Å². The summed E-state index contributed by atoms with van der Waals surface area (Å²) in [6.45, 7) is 4.39. The molecule has 0 spiro atoms. The van der Waals surface area contributed by atoms with Crippen LogP contribution in [0.3, 0.4) is 0 Å². The second-order valence-corrected chi connectivity index (χ2v) is 6.46. The van der Waals surface area contributed by atoms with Gasteiger partial charge in [0.25, 0.3) is 0 Å². The largest absolute Gasteiger partial charge is 0.462 e. The van der Waals surface area contributed by atoms with Crippen LogP contribution in [0.1, 0.15) is 38.8 Å². The highest BCUT2D eigenvalue weighted by molar-refractivity contribution is 5.94. The summed E-state index contributed by atoms with van der Waals surface area (Å²) >= 11 is 0. The van der Waals surface area contributed by atoms with E-state index in [1.165, 1.54) is 6.20 Å². The number of aromatic nitrogens is 2. The third-order valence-electron chi connectivity index (χ3n) is 4.26. The quantitative estimate of drug-likeness (QED) is 0.599. The maximum atomic E-state index is 12.3. The van der Waals surface area contributed by atoms with E-state index in [1.807, 2.05) is 31.2 Å². The van der Waals surface area contributed by atoms with Crippen LogP contribution >= 0.6 is 0 Å². The lowest BCUT2D eigenvalue weighted by molar-refractivity contribution is 0.0526. The van der Waals surface area contributed by atoms with Crippen LogP contribution < -0.4 is 11.1 Å². The Hall–Kier alpha value is -3.74. The van der Waals surface area contributed by atoms with E-state index in [0.717, 1.165) is 16.7 Å². The smallest absolute Gasteiger partial charge is 0.343 e. The maximum absolute atomic E-state index is 12.3. The number of ether oxygens (including phenoxy) is 1. The average molecular weight is 390 g/mol. The second-order valence-electron chi connectivity index (χ2n) is 6.46. The first-order valence-corrected chi connectivity index (χ1v) is 9.21. The molecule has 0 aliphatic rings. The highest BCUT2D eigenvalue weighted by Crippen LogP contribution is 2.21. The van der Waals surface area contributed by atoms with Crippen molar-refractivity contribution >= 4 is 17.7 Å². The molecule has 7 heteroatoms. The minimum Gasteiger partial charge on any atom is -0.462 e. The van der Waals surface area contributed by atoms with Gasteiger partial charge in [-0.25, -0.2) is 14.8 Å². The molecule has 0 atom stereocenters. The SMILES string of the molecule is CCOC(=O)c1cnc(-c2cccc(C)c2)nc1NCc1ccc(C(N)=O)cc1. The summed E-state index contributed by atoms with van der Waals surface area (Å²) in [7, 11) is 0. The van der Waals surface area contributed by atoms with E-state index in [4.69, 9.17) is 10.5 Å². The van der Waals surface area contributed by atoms with Gasteiger partial charge in [-0.15, -0.1) is 0 Å². The number of carbonyl (C=O) groups excluding carboxylic acids is 2. The number of aryl methyl sites for hydroxylation is 1. The fourth-order valence-electron chi connectivity index (χ4n) is 2.77. The number of nitrogens with zero attached hydrogens (tertiary/aromatic N) is 2. The Bertz CT molecular complexity index is 1030. The molecule has 0 bridgehead atoms. The van der Waals surface area contributed by atoms with Gasteiger partial charge in [0.05, 0.1) is 6.61 Å². The van der Waals surface area contributed by atoms with Gasteiger partial charge in [0.2, 0.25) is 5.91 Å². The first-order valence-electron chi connectivity index (χ1n) is 9.21. The number of anilines is 1. The predicted octanol–water partition coefficient (Wildman–Crippen LogP) is 3.34. The van der Waals surface area contributed by atoms with Crippen molar-refractivity contribution in [2.24, 2.45) is 5.73 Å². The zero-order valence-electron chi connectivity index (χ0n) is 16.3. The van der Waals surface area contributed by atoms with Crippen molar-refractivity contribution in [2.75, 3.05) is 11.9 Å². The number of benzene rings is 2. The van der Waals surface area contributed by atoms with E-state index in [-0.39, 0.29) is 12.2 Å². The molecule has 0 radical (unpaired) electrons. The molecule has 0 unspecified atom stereocenters. The van der Waals surface area contributed by atoms with Crippen LogP contribution in [-0.4, -0.2) is 28.5 Å². The van der Waals surface area contributed by atoms with Gasteiger partial charge < -0.3 is 15.8 Å². The zero-order chi connectivity index (χ0) is 20.8. The van der Waals surface area contributed by atoms with Crippen molar-refractivity contribution in [1.29, 1.82) is 0 Å². The van der Waals surface area contributed by atoms with Crippen LogP contribution in [0, 0.1) is 6.92 Å². The summed E-state index contributed by atoms with van der Waals surface area (Å²) in [6.07, 6.45) is 1.47. The van der Waals surface area contributed by atoms with E-state index in [1.54, 1.807) is 31.2 Å². The molecule has 7 nitrogen and oxygen atoms in total. The third kappa shape index (κ3) is 4.95. The summed E-state index contributed by atoms with van der Waals surface area (Å²) in [6, 6.07) is 14.7. The molecule has 0 aliphatic carbocycles. The van der Waals surface area contributed by atoms with E-state index < -0.39 is 11.9 Å². The van der Waals surface area contributed by atoms with Gasteiger partial charge in [0.1, 0.15) is 11.4 Å². The first-order chi connectivity index (χ1) is 14.0. The summed E-state index contributed by atoms with van der Waals surface area (Å²) in [4.78, 5) is 32.4. The molecule has 0 aliphatic heterocycles. The van der Waals surface area contributed by atoms with Crippen molar-refractivity contribution in [3.05, 3.63) is 77.0 Å². The third-order valence-corrected chi connectivity index (χ3v) is 4.26. The van der Waals surface area contributed by atoms with Crippen LogP contribution in [0.5, 0.6) is 0 Å². The summed E-state index contributed by atoms with van der Waals surface area (Å²) < 4.78 is 5.12. The van der Waals surface area contributed by atoms with Gasteiger partial charge in [-0.05, 0) is 37.6 Å². The van der Waals surface area contributed by atoms with Crippen molar-refractivity contribution < 1.29 is 14.3 Å². The number of carbonyl (C=O) groups is 2. The average Bonchev–Trinajstić information content (AvgIpc) is 2.72. The Kier molecular flexibility index (Phi) is 6.19.